The van der Waals surface area contributed by atoms with Gasteiger partial charge >= 0.3 is 0 Å². The second-order valence-electron chi connectivity index (χ2n) is 7.35. The average Bonchev–Trinajstić information content (AvgIpc) is 3.08. The van der Waals surface area contributed by atoms with Crippen LogP contribution in [0.25, 0.3) is 10.9 Å². The summed E-state index contributed by atoms with van der Waals surface area (Å²) in [7, 11) is 0. The molecule has 1 aliphatic rings. The van der Waals surface area contributed by atoms with Crippen molar-refractivity contribution in [2.75, 3.05) is 6.61 Å². The molecule has 4 rings (SSSR count). The molecule has 0 saturated carbocycles. The van der Waals surface area contributed by atoms with Crippen LogP contribution in [0.15, 0.2) is 53.6 Å². The van der Waals surface area contributed by atoms with E-state index in [-0.39, 0.29) is 5.91 Å². The summed E-state index contributed by atoms with van der Waals surface area (Å²) in [5.41, 5.74) is 7.68. The Kier molecular flexibility index (Phi) is 5.94. The molecule has 2 aromatic carbocycles. The molecule has 0 saturated heterocycles. The topological polar surface area (TPSA) is 55.6 Å². The summed E-state index contributed by atoms with van der Waals surface area (Å²) in [5.74, 6) is 0.755. The van der Waals surface area contributed by atoms with Gasteiger partial charge in [-0.15, -0.1) is 0 Å². The van der Waals surface area contributed by atoms with Crippen LogP contribution < -0.4 is 10.2 Å². The third kappa shape index (κ3) is 4.34. The number of nitrogens with zero attached hydrogens (tertiary/aromatic N) is 2. The minimum atomic E-state index is -0.0745. The molecule has 1 heterocycles. The van der Waals surface area contributed by atoms with Crippen LogP contribution in [0.4, 0.5) is 0 Å². The Balaban J connectivity index is 1.38. The quantitative estimate of drug-likeness (QED) is 0.479. The van der Waals surface area contributed by atoms with Crippen LogP contribution in [0.5, 0.6) is 5.75 Å². The molecule has 29 heavy (non-hydrogen) atoms. The molecule has 0 spiro atoms. The van der Waals surface area contributed by atoms with Crippen molar-refractivity contribution in [2.45, 2.75) is 45.6 Å². The predicted octanol–water partition coefficient (Wildman–Crippen LogP) is 4.46. The number of ether oxygens (including phenoxy) is 1. The maximum absolute atomic E-state index is 12.3. The first-order valence-corrected chi connectivity index (χ1v) is 10.4. The summed E-state index contributed by atoms with van der Waals surface area (Å²) in [5, 5.41) is 5.44. The first kappa shape index (κ1) is 19.2. The smallest absolute Gasteiger partial charge is 0.241 e. The van der Waals surface area contributed by atoms with Gasteiger partial charge in [0.25, 0.3) is 0 Å². The number of nitrogens with one attached hydrogen (secondary N) is 1. The van der Waals surface area contributed by atoms with Crippen molar-refractivity contribution < 1.29 is 9.53 Å². The first-order chi connectivity index (χ1) is 14.3. The summed E-state index contributed by atoms with van der Waals surface area (Å²) in [6, 6.07) is 16.2. The third-order valence-electron chi connectivity index (χ3n) is 5.44. The van der Waals surface area contributed by atoms with Gasteiger partial charge in [-0.05, 0) is 74.1 Å². The maximum Gasteiger partial charge on any atom is 0.241 e. The van der Waals surface area contributed by atoms with Gasteiger partial charge in [-0.25, -0.2) is 5.43 Å². The number of hydrazone groups is 1. The lowest BCUT2D eigenvalue weighted by atomic mass is 9.95. The lowest BCUT2D eigenvalue weighted by molar-refractivity contribution is -0.121. The Morgan fingerprint density at radius 2 is 1.93 bits per heavy atom. The third-order valence-corrected chi connectivity index (χ3v) is 5.44. The van der Waals surface area contributed by atoms with E-state index in [0.717, 1.165) is 24.2 Å². The van der Waals surface area contributed by atoms with E-state index < -0.39 is 0 Å². The Labute approximate surface area is 171 Å². The van der Waals surface area contributed by atoms with Crippen LogP contribution >= 0.6 is 0 Å². The Hall–Kier alpha value is -3.08. The fraction of sp³-hybridized carbons (Fsp3) is 0.333. The number of amides is 1. The number of rotatable bonds is 7. The number of aromatic nitrogens is 1. The molecular weight excluding hydrogens is 362 g/mol. The predicted molar refractivity (Wildman–Crippen MR) is 117 cm³/mol. The van der Waals surface area contributed by atoms with Crippen LogP contribution in [0.2, 0.25) is 0 Å². The van der Waals surface area contributed by atoms with Crippen LogP contribution in [0.3, 0.4) is 0 Å². The minimum Gasteiger partial charge on any atom is -0.494 e. The first-order valence-electron chi connectivity index (χ1n) is 10.4. The van der Waals surface area contributed by atoms with Gasteiger partial charge in [-0.3, -0.25) is 4.79 Å². The number of hydrogen-bond donors (Lipinski definition) is 1. The number of para-hydroxylation sites is 1. The highest BCUT2D eigenvalue weighted by Gasteiger charge is 2.19. The van der Waals surface area contributed by atoms with E-state index in [1.807, 2.05) is 31.2 Å². The average molecular weight is 389 g/mol. The lowest BCUT2D eigenvalue weighted by Gasteiger charge is -2.15. The number of carbonyl (C=O) groups excluding carboxylic acids is 1. The molecule has 1 aromatic heterocycles. The second-order valence-corrected chi connectivity index (χ2v) is 7.35. The molecule has 1 amide bonds. The molecule has 0 bridgehead atoms. The minimum absolute atomic E-state index is 0.0745. The molecule has 0 radical (unpaired) electrons. The van der Waals surface area contributed by atoms with Crippen molar-refractivity contribution in [3.05, 3.63) is 65.4 Å². The van der Waals surface area contributed by atoms with Gasteiger partial charge in [-0.1, -0.05) is 18.2 Å². The SMILES string of the molecule is CCOc1ccc(C=NNC(=O)CCn2c3c(c4ccccc42)CCCC3)cc1. The summed E-state index contributed by atoms with van der Waals surface area (Å²) < 4.78 is 7.76. The van der Waals surface area contributed by atoms with Gasteiger partial charge in [0.1, 0.15) is 5.75 Å². The summed E-state index contributed by atoms with van der Waals surface area (Å²) in [6.45, 7) is 3.28. The number of carbonyl (C=O) groups is 1. The van der Waals surface area contributed by atoms with Crippen molar-refractivity contribution in [3.63, 3.8) is 0 Å². The largest absolute Gasteiger partial charge is 0.494 e. The van der Waals surface area contributed by atoms with Gasteiger partial charge in [0, 0.05) is 29.6 Å². The van der Waals surface area contributed by atoms with Crippen molar-refractivity contribution >= 4 is 23.0 Å². The Morgan fingerprint density at radius 1 is 1.14 bits per heavy atom. The molecule has 1 aliphatic carbocycles. The molecule has 0 unspecified atom stereocenters. The molecule has 5 heteroatoms. The summed E-state index contributed by atoms with van der Waals surface area (Å²) in [4.78, 5) is 12.3. The monoisotopic (exact) mass is 389 g/mol. The zero-order valence-electron chi connectivity index (χ0n) is 16.9. The van der Waals surface area contributed by atoms with Crippen molar-refractivity contribution in [3.8, 4) is 5.75 Å². The summed E-state index contributed by atoms with van der Waals surface area (Å²) in [6.07, 6.45) is 6.78. The van der Waals surface area contributed by atoms with E-state index in [9.17, 15) is 4.79 Å². The van der Waals surface area contributed by atoms with E-state index in [1.54, 1.807) is 6.21 Å². The highest BCUT2D eigenvalue weighted by molar-refractivity contribution is 5.86. The number of hydrogen-bond acceptors (Lipinski definition) is 3. The second kappa shape index (κ2) is 8.95. The number of benzene rings is 2. The molecule has 0 aliphatic heterocycles. The molecule has 3 aromatic rings. The zero-order chi connectivity index (χ0) is 20.1. The highest BCUT2D eigenvalue weighted by atomic mass is 16.5. The molecule has 1 N–H and O–H groups in total. The molecule has 5 nitrogen and oxygen atoms in total. The normalized spacial score (nSPS) is 13.6. The standard InChI is InChI=1S/C24H27N3O2/c1-2-29-19-13-11-18(12-14-19)17-25-26-24(28)15-16-27-22-9-5-3-7-20(22)21-8-4-6-10-23(21)27/h3,5,7,9,11-14,17H,2,4,6,8,10,15-16H2,1H3,(H,26,28). The van der Waals surface area contributed by atoms with Crippen LogP contribution in [0, 0.1) is 0 Å². The number of aryl methyl sites for hydroxylation is 2. The van der Waals surface area contributed by atoms with Gasteiger partial charge in [0.15, 0.2) is 0 Å². The van der Waals surface area contributed by atoms with E-state index >= 15 is 0 Å². The van der Waals surface area contributed by atoms with Gasteiger partial charge in [-0.2, -0.15) is 5.10 Å². The van der Waals surface area contributed by atoms with Crippen molar-refractivity contribution in [1.29, 1.82) is 0 Å². The van der Waals surface area contributed by atoms with Crippen LogP contribution in [-0.2, 0) is 24.2 Å². The number of fused-ring (bicyclic) bond motifs is 3. The fourth-order valence-corrected chi connectivity index (χ4v) is 4.11. The zero-order valence-corrected chi connectivity index (χ0v) is 16.9. The van der Waals surface area contributed by atoms with Crippen LogP contribution in [-0.4, -0.2) is 23.3 Å². The lowest BCUT2D eigenvalue weighted by Crippen LogP contribution is -2.20. The van der Waals surface area contributed by atoms with Gasteiger partial charge in [0.05, 0.1) is 12.8 Å². The Bertz CT molecular complexity index is 1020. The Morgan fingerprint density at radius 3 is 2.76 bits per heavy atom. The van der Waals surface area contributed by atoms with E-state index in [1.165, 1.54) is 35.0 Å². The highest BCUT2D eigenvalue weighted by Crippen LogP contribution is 2.32. The molecule has 0 atom stereocenters. The molecule has 0 fully saturated rings. The van der Waals surface area contributed by atoms with Crippen molar-refractivity contribution in [2.24, 2.45) is 5.10 Å². The van der Waals surface area contributed by atoms with E-state index in [2.05, 4.69) is 39.4 Å². The van der Waals surface area contributed by atoms with Gasteiger partial charge < -0.3 is 9.30 Å². The molecule has 150 valence electrons. The van der Waals surface area contributed by atoms with E-state index in [4.69, 9.17) is 4.74 Å². The van der Waals surface area contributed by atoms with Crippen LogP contribution in [0.1, 0.15) is 43.0 Å². The van der Waals surface area contributed by atoms with Crippen molar-refractivity contribution in [1.82, 2.24) is 9.99 Å². The fourth-order valence-electron chi connectivity index (χ4n) is 4.11. The van der Waals surface area contributed by atoms with Gasteiger partial charge in [0.2, 0.25) is 5.91 Å². The maximum atomic E-state index is 12.3. The summed E-state index contributed by atoms with van der Waals surface area (Å²) >= 11 is 0. The van der Waals surface area contributed by atoms with E-state index in [0.29, 0.717) is 19.6 Å². The molecular formula is C24H27N3O2.